The number of carbonyl (C=O) groups excluding carboxylic acids is 4. The Labute approximate surface area is 562 Å². The molecule has 0 bridgehead atoms. The normalized spacial score (nSPS) is 14.8. The maximum Gasteiger partial charge on any atom is 0.472 e. The molecular formula is C73H142O17P2. The number of phosphoric ester groups is 2. The van der Waals surface area contributed by atoms with Gasteiger partial charge in [-0.15, -0.1) is 0 Å². The van der Waals surface area contributed by atoms with Gasteiger partial charge in [-0.1, -0.05) is 312 Å². The third kappa shape index (κ3) is 64.1. The van der Waals surface area contributed by atoms with E-state index in [9.17, 15) is 43.2 Å². The highest BCUT2D eigenvalue weighted by molar-refractivity contribution is 7.47. The molecular weight excluding hydrogens is 1210 g/mol. The quantitative estimate of drug-likeness (QED) is 0.0222. The molecule has 0 heterocycles. The second-order valence-corrected chi connectivity index (χ2v) is 30.7. The summed E-state index contributed by atoms with van der Waals surface area (Å²) in [5.41, 5.74) is 0. The highest BCUT2D eigenvalue weighted by Crippen LogP contribution is 2.45. The van der Waals surface area contributed by atoms with Gasteiger partial charge in [0.2, 0.25) is 0 Å². The van der Waals surface area contributed by atoms with Crippen LogP contribution in [-0.4, -0.2) is 96.7 Å². The van der Waals surface area contributed by atoms with E-state index in [1.54, 1.807) is 0 Å². The molecule has 0 aromatic rings. The summed E-state index contributed by atoms with van der Waals surface area (Å²) in [6, 6.07) is 0. The molecule has 0 fully saturated rings. The standard InChI is InChI=1S/C73H142O17P2/c1-9-65(7)51-43-35-27-20-15-13-11-12-14-16-22-30-39-47-55-72(77)89-68(59-83-70(75)53-45-37-28-21-18-17-19-25-33-41-49-63(3)4)61-87-91(79,80)85-57-67(74)58-86-92(81,82)88-62-69(90-73(78)56-48-40-32-31-36-44-52-66(8)10-2)60-84-71(76)54-46-38-29-24-23-26-34-42-50-64(5)6/h63-69,74H,9-62H2,1-8H3,(H,79,80)(H,81,82)/t65?,66?,67?,68-,69-/m1/s1. The Hall–Kier alpha value is -1.94. The highest BCUT2D eigenvalue weighted by atomic mass is 31.2. The van der Waals surface area contributed by atoms with Gasteiger partial charge >= 0.3 is 39.5 Å². The summed E-state index contributed by atoms with van der Waals surface area (Å²) in [5.74, 6) is 0.923. The molecule has 0 spiro atoms. The van der Waals surface area contributed by atoms with Crippen molar-refractivity contribution in [3.05, 3.63) is 0 Å². The van der Waals surface area contributed by atoms with Crippen LogP contribution in [-0.2, 0) is 65.4 Å². The Bertz CT molecular complexity index is 1820. The van der Waals surface area contributed by atoms with Crippen molar-refractivity contribution in [3.8, 4) is 0 Å². The molecule has 5 unspecified atom stereocenters. The Balaban J connectivity index is 5.24. The summed E-state index contributed by atoms with van der Waals surface area (Å²) < 4.78 is 68.4. The first-order valence-corrected chi connectivity index (χ1v) is 40.8. The minimum Gasteiger partial charge on any atom is -0.462 e. The fourth-order valence-electron chi connectivity index (χ4n) is 11.0. The van der Waals surface area contributed by atoms with Gasteiger partial charge in [0.05, 0.1) is 26.4 Å². The fraction of sp³-hybridized carbons (Fsp3) is 0.945. The molecule has 0 saturated carbocycles. The summed E-state index contributed by atoms with van der Waals surface area (Å²) in [6.07, 6.45) is 45.8. The average molecular weight is 1350 g/mol. The van der Waals surface area contributed by atoms with Gasteiger partial charge in [-0.05, 0) is 49.4 Å². The van der Waals surface area contributed by atoms with E-state index in [0.717, 1.165) is 114 Å². The minimum atomic E-state index is -4.96. The Morgan fingerprint density at radius 2 is 0.522 bits per heavy atom. The Kier molecular flexibility index (Phi) is 61.3. The van der Waals surface area contributed by atoms with Crippen molar-refractivity contribution < 1.29 is 80.2 Å². The summed E-state index contributed by atoms with van der Waals surface area (Å²) in [7, 11) is -9.91. The largest absolute Gasteiger partial charge is 0.472 e. The van der Waals surface area contributed by atoms with Gasteiger partial charge in [-0.25, -0.2) is 9.13 Å². The van der Waals surface area contributed by atoms with E-state index < -0.39 is 97.5 Å². The lowest BCUT2D eigenvalue weighted by molar-refractivity contribution is -0.161. The van der Waals surface area contributed by atoms with Gasteiger partial charge in [-0.3, -0.25) is 37.3 Å². The fourth-order valence-corrected chi connectivity index (χ4v) is 12.5. The number of rotatable bonds is 70. The number of aliphatic hydroxyl groups excluding tert-OH is 1. The summed E-state index contributed by atoms with van der Waals surface area (Å²) in [5, 5.41) is 10.6. The van der Waals surface area contributed by atoms with E-state index in [1.807, 2.05) is 0 Å². The van der Waals surface area contributed by atoms with Crippen LogP contribution in [0.2, 0.25) is 0 Å². The van der Waals surface area contributed by atoms with Crippen molar-refractivity contribution in [2.75, 3.05) is 39.6 Å². The second kappa shape index (κ2) is 62.6. The lowest BCUT2D eigenvalue weighted by Crippen LogP contribution is -2.30. The third-order valence-corrected chi connectivity index (χ3v) is 19.4. The molecule has 0 aromatic heterocycles. The monoisotopic (exact) mass is 1350 g/mol. The third-order valence-electron chi connectivity index (χ3n) is 17.5. The van der Waals surface area contributed by atoms with Crippen molar-refractivity contribution in [1.29, 1.82) is 0 Å². The van der Waals surface area contributed by atoms with Crippen molar-refractivity contribution in [2.45, 2.75) is 382 Å². The molecule has 3 N–H and O–H groups in total. The van der Waals surface area contributed by atoms with Crippen molar-refractivity contribution in [3.63, 3.8) is 0 Å². The van der Waals surface area contributed by atoms with Crippen LogP contribution in [0.4, 0.5) is 0 Å². The molecule has 0 aliphatic rings. The van der Waals surface area contributed by atoms with Crippen LogP contribution in [0.15, 0.2) is 0 Å². The molecule has 0 aliphatic heterocycles. The lowest BCUT2D eigenvalue weighted by atomic mass is 9.99. The number of ether oxygens (including phenoxy) is 4. The van der Waals surface area contributed by atoms with Crippen molar-refractivity contribution in [2.24, 2.45) is 23.7 Å². The number of carbonyl (C=O) groups is 4. The Morgan fingerprint density at radius 3 is 0.772 bits per heavy atom. The van der Waals surface area contributed by atoms with Crippen molar-refractivity contribution >= 4 is 39.5 Å². The molecule has 0 saturated heterocycles. The molecule has 7 atom stereocenters. The molecule has 17 nitrogen and oxygen atoms in total. The van der Waals surface area contributed by atoms with E-state index in [2.05, 4.69) is 55.4 Å². The van der Waals surface area contributed by atoms with Crippen molar-refractivity contribution in [1.82, 2.24) is 0 Å². The van der Waals surface area contributed by atoms with Gasteiger partial charge in [0.1, 0.15) is 19.3 Å². The van der Waals surface area contributed by atoms with Crippen LogP contribution in [0.3, 0.4) is 0 Å². The first-order chi connectivity index (χ1) is 44.2. The predicted molar refractivity (Wildman–Crippen MR) is 372 cm³/mol. The maximum atomic E-state index is 13.1. The van der Waals surface area contributed by atoms with Crippen LogP contribution in [0, 0.1) is 23.7 Å². The number of hydrogen-bond acceptors (Lipinski definition) is 15. The first-order valence-electron chi connectivity index (χ1n) is 37.8. The lowest BCUT2D eigenvalue weighted by Gasteiger charge is -2.21. The molecule has 0 aromatic carbocycles. The maximum absolute atomic E-state index is 13.1. The average Bonchev–Trinajstić information content (AvgIpc) is 3.56. The first kappa shape index (κ1) is 90.1. The minimum absolute atomic E-state index is 0.102. The zero-order chi connectivity index (χ0) is 68.2. The van der Waals surface area contributed by atoms with Gasteiger partial charge in [0.25, 0.3) is 0 Å². The summed E-state index contributed by atoms with van der Waals surface area (Å²) in [6.45, 7) is 14.1. The zero-order valence-corrected chi connectivity index (χ0v) is 62.0. The highest BCUT2D eigenvalue weighted by Gasteiger charge is 2.30. The van der Waals surface area contributed by atoms with Crippen LogP contribution in [0.25, 0.3) is 0 Å². The number of aliphatic hydroxyl groups is 1. The zero-order valence-electron chi connectivity index (χ0n) is 60.2. The van der Waals surface area contributed by atoms with Gasteiger partial charge in [0, 0.05) is 25.7 Å². The van der Waals surface area contributed by atoms with E-state index in [-0.39, 0.29) is 25.7 Å². The predicted octanol–water partition coefficient (Wildman–Crippen LogP) is 20.9. The number of phosphoric acid groups is 2. The molecule has 0 rings (SSSR count). The summed E-state index contributed by atoms with van der Waals surface area (Å²) in [4.78, 5) is 72.6. The van der Waals surface area contributed by atoms with Crippen LogP contribution in [0.1, 0.15) is 364 Å². The molecule has 0 aliphatic carbocycles. The second-order valence-electron chi connectivity index (χ2n) is 27.8. The van der Waals surface area contributed by atoms with Gasteiger partial charge in [-0.2, -0.15) is 0 Å². The number of unbranched alkanes of at least 4 members (excludes halogenated alkanes) is 34. The van der Waals surface area contributed by atoms with E-state index in [0.29, 0.717) is 25.7 Å². The molecule has 19 heteroatoms. The van der Waals surface area contributed by atoms with Crippen LogP contribution in [0.5, 0.6) is 0 Å². The topological polar surface area (TPSA) is 237 Å². The van der Waals surface area contributed by atoms with Gasteiger partial charge in [0.15, 0.2) is 12.2 Å². The van der Waals surface area contributed by atoms with Gasteiger partial charge < -0.3 is 33.8 Å². The smallest absolute Gasteiger partial charge is 0.462 e. The SMILES string of the molecule is CCC(C)CCCCCCCCCCCCCCCCC(=O)O[C@H](COC(=O)CCCCCCCCCCCCC(C)C)COP(=O)(O)OCC(O)COP(=O)(O)OC[C@@H](COC(=O)CCCCCCCCCCC(C)C)OC(=O)CCCCCCCCC(C)CC. The van der Waals surface area contributed by atoms with Crippen LogP contribution >= 0.6 is 15.6 Å². The molecule has 0 radical (unpaired) electrons. The van der Waals surface area contributed by atoms with E-state index in [4.69, 9.17) is 37.0 Å². The van der Waals surface area contributed by atoms with E-state index in [1.165, 1.54) is 167 Å². The van der Waals surface area contributed by atoms with E-state index >= 15 is 0 Å². The molecule has 546 valence electrons. The number of hydrogen-bond donors (Lipinski definition) is 3. The summed E-state index contributed by atoms with van der Waals surface area (Å²) >= 11 is 0. The Morgan fingerprint density at radius 1 is 0.304 bits per heavy atom. The molecule has 0 amide bonds. The molecule has 92 heavy (non-hydrogen) atoms. The van der Waals surface area contributed by atoms with Crippen LogP contribution < -0.4 is 0 Å². The number of esters is 4.